The van der Waals surface area contributed by atoms with Gasteiger partial charge in [-0.25, -0.2) is 9.97 Å². The second kappa shape index (κ2) is 19.9. The predicted octanol–water partition coefficient (Wildman–Crippen LogP) is 1.19. The Morgan fingerprint density at radius 2 is 1.69 bits per heavy atom. The molecule has 5 N–H and O–H groups in total. The van der Waals surface area contributed by atoms with Crippen molar-refractivity contribution in [2.45, 2.75) is 82.5 Å². The molecule has 0 saturated carbocycles. The SMILES string of the molecule is O=C(COc1cccc2c1C(=O)N(C1CCC(=O)NC1=O)C2=O)NCCCCCC(=O)N1CCC(Nc2cc(C(=O)NC[C@H](O)CN3CCc4ccccc4C3)ncn2)CC1. The van der Waals surface area contributed by atoms with Crippen LogP contribution in [0.4, 0.5) is 5.82 Å². The monoisotopic (exact) mass is 837 g/mol. The van der Waals surface area contributed by atoms with E-state index in [1.54, 1.807) is 6.07 Å². The van der Waals surface area contributed by atoms with Crippen molar-refractivity contribution in [1.29, 1.82) is 0 Å². The topological polar surface area (TPSA) is 233 Å². The molecular formula is C43H51N9O9. The van der Waals surface area contributed by atoms with Crippen LogP contribution >= 0.6 is 0 Å². The molecule has 5 heterocycles. The number of hydrogen-bond donors (Lipinski definition) is 5. The molecular weight excluding hydrogens is 787 g/mol. The summed E-state index contributed by atoms with van der Waals surface area (Å²) in [5.41, 5.74) is 2.84. The van der Waals surface area contributed by atoms with Gasteiger partial charge in [0.2, 0.25) is 17.7 Å². The highest BCUT2D eigenvalue weighted by atomic mass is 16.5. The normalized spacial score (nSPS) is 18.5. The van der Waals surface area contributed by atoms with Crippen LogP contribution in [0.1, 0.15) is 93.7 Å². The number of imide groups is 2. The van der Waals surface area contributed by atoms with Gasteiger partial charge in [-0.05, 0) is 61.8 Å². The lowest BCUT2D eigenvalue weighted by Crippen LogP contribution is -2.54. The first-order valence-electron chi connectivity index (χ1n) is 20.9. The Kier molecular flexibility index (Phi) is 13.9. The molecule has 7 rings (SSSR count). The number of carbonyl (C=O) groups is 7. The number of aliphatic hydroxyl groups excluding tert-OH is 1. The number of ether oxygens (including phenoxy) is 1. The smallest absolute Gasteiger partial charge is 0.270 e. The molecule has 7 amide bonds. The summed E-state index contributed by atoms with van der Waals surface area (Å²) < 4.78 is 5.63. The van der Waals surface area contributed by atoms with Crippen LogP contribution in [0.25, 0.3) is 0 Å². The fraction of sp³-hybridized carbons (Fsp3) is 0.465. The summed E-state index contributed by atoms with van der Waals surface area (Å²) in [6.45, 7) is 3.34. The lowest BCUT2D eigenvalue weighted by atomic mass is 10.00. The number of fused-ring (bicyclic) bond motifs is 2. The molecule has 2 fully saturated rings. The molecule has 0 aliphatic carbocycles. The maximum absolute atomic E-state index is 13.2. The van der Waals surface area contributed by atoms with Crippen molar-refractivity contribution in [2.24, 2.45) is 0 Å². The first-order chi connectivity index (χ1) is 29.5. The van der Waals surface area contributed by atoms with E-state index in [1.165, 1.54) is 35.7 Å². The summed E-state index contributed by atoms with van der Waals surface area (Å²) in [6.07, 6.45) is 5.43. The van der Waals surface area contributed by atoms with E-state index in [9.17, 15) is 38.7 Å². The Balaban J connectivity index is 0.748. The number of piperidine rings is 2. The van der Waals surface area contributed by atoms with Crippen molar-refractivity contribution < 1.29 is 43.4 Å². The van der Waals surface area contributed by atoms with Crippen LogP contribution in [0, 0.1) is 0 Å². The molecule has 2 atom stereocenters. The lowest BCUT2D eigenvalue weighted by molar-refractivity contribution is -0.136. The fourth-order valence-electron chi connectivity index (χ4n) is 8.18. The number of likely N-dealkylation sites (tertiary alicyclic amines) is 1. The van der Waals surface area contributed by atoms with Crippen molar-refractivity contribution in [3.8, 4) is 5.75 Å². The Labute approximate surface area is 352 Å². The summed E-state index contributed by atoms with van der Waals surface area (Å²) in [5, 5.41) is 21.7. The van der Waals surface area contributed by atoms with Crippen molar-refractivity contribution in [3.05, 3.63) is 82.8 Å². The first-order valence-corrected chi connectivity index (χ1v) is 20.9. The van der Waals surface area contributed by atoms with E-state index in [0.717, 1.165) is 30.8 Å². The summed E-state index contributed by atoms with van der Waals surface area (Å²) in [5.74, 6) is -2.73. The van der Waals surface area contributed by atoms with Gasteiger partial charge in [-0.3, -0.25) is 48.7 Å². The first kappa shape index (κ1) is 42.8. The van der Waals surface area contributed by atoms with Crippen molar-refractivity contribution in [3.63, 3.8) is 0 Å². The number of hydrogen-bond acceptors (Lipinski definition) is 13. The van der Waals surface area contributed by atoms with Crippen molar-refractivity contribution >= 4 is 47.2 Å². The summed E-state index contributed by atoms with van der Waals surface area (Å²) in [4.78, 5) is 102. The molecule has 18 nitrogen and oxygen atoms in total. The van der Waals surface area contributed by atoms with Gasteiger partial charge in [0.1, 0.15) is 29.6 Å². The Morgan fingerprint density at radius 1 is 0.885 bits per heavy atom. The summed E-state index contributed by atoms with van der Waals surface area (Å²) in [7, 11) is 0. The third-order valence-corrected chi connectivity index (χ3v) is 11.5. The molecule has 2 aromatic carbocycles. The number of nitrogens with one attached hydrogen (secondary N) is 4. The van der Waals surface area contributed by atoms with Gasteiger partial charge in [0.05, 0.1) is 17.2 Å². The fourth-order valence-corrected chi connectivity index (χ4v) is 8.18. The Morgan fingerprint density at radius 3 is 2.49 bits per heavy atom. The molecule has 61 heavy (non-hydrogen) atoms. The van der Waals surface area contributed by atoms with Crippen molar-refractivity contribution in [1.82, 2.24) is 40.6 Å². The van der Waals surface area contributed by atoms with Gasteiger partial charge in [-0.2, -0.15) is 0 Å². The van der Waals surface area contributed by atoms with Gasteiger partial charge in [0.25, 0.3) is 23.6 Å². The molecule has 4 aliphatic heterocycles. The largest absolute Gasteiger partial charge is 0.483 e. The van der Waals surface area contributed by atoms with E-state index in [2.05, 4.69) is 48.3 Å². The minimum Gasteiger partial charge on any atom is -0.483 e. The highest BCUT2D eigenvalue weighted by Crippen LogP contribution is 2.33. The predicted molar refractivity (Wildman–Crippen MR) is 219 cm³/mol. The highest BCUT2D eigenvalue weighted by molar-refractivity contribution is 6.24. The minimum atomic E-state index is -1.11. The van der Waals surface area contributed by atoms with Crippen LogP contribution in [0.5, 0.6) is 5.75 Å². The molecule has 3 aromatic rings. The quantitative estimate of drug-likeness (QED) is 0.0952. The Hall–Kier alpha value is -6.27. The molecule has 0 radical (unpaired) electrons. The molecule has 1 unspecified atom stereocenters. The molecule has 2 saturated heterocycles. The number of rotatable bonds is 17. The van der Waals surface area contributed by atoms with Gasteiger partial charge in [0.15, 0.2) is 6.61 Å². The van der Waals surface area contributed by atoms with E-state index in [1.807, 2.05) is 17.0 Å². The van der Waals surface area contributed by atoms with E-state index in [4.69, 9.17) is 4.74 Å². The number of aromatic nitrogens is 2. The van der Waals surface area contributed by atoms with Crippen molar-refractivity contribution in [2.75, 3.05) is 51.2 Å². The second-order valence-electron chi connectivity index (χ2n) is 15.8. The molecule has 1 aromatic heterocycles. The van der Waals surface area contributed by atoms with Gasteiger partial charge < -0.3 is 30.7 Å². The summed E-state index contributed by atoms with van der Waals surface area (Å²) >= 11 is 0. The van der Waals surface area contributed by atoms with Crippen LogP contribution in [0.3, 0.4) is 0 Å². The van der Waals surface area contributed by atoms with E-state index >= 15 is 0 Å². The molecule has 4 aliphatic rings. The number of benzene rings is 2. The third kappa shape index (κ3) is 10.7. The lowest BCUT2D eigenvalue weighted by Gasteiger charge is -2.32. The number of anilines is 1. The van der Waals surface area contributed by atoms with Crippen LogP contribution in [0.15, 0.2) is 54.9 Å². The highest BCUT2D eigenvalue weighted by Gasteiger charge is 2.46. The van der Waals surface area contributed by atoms with E-state index in [0.29, 0.717) is 64.1 Å². The van der Waals surface area contributed by atoms with Gasteiger partial charge in [0, 0.05) is 70.8 Å². The number of amides is 7. The zero-order valence-electron chi connectivity index (χ0n) is 33.9. The van der Waals surface area contributed by atoms with Crippen LogP contribution < -0.4 is 26.0 Å². The molecule has 322 valence electrons. The number of β-amino-alcohol motifs (C(OH)–C–C–N with tert-alkyl or cyclic N) is 1. The maximum atomic E-state index is 13.2. The van der Waals surface area contributed by atoms with Gasteiger partial charge in [-0.1, -0.05) is 36.8 Å². The molecule has 0 bridgehead atoms. The number of unbranched alkanes of at least 4 members (excludes halogenated alkanes) is 2. The third-order valence-electron chi connectivity index (χ3n) is 11.5. The average Bonchev–Trinajstić information content (AvgIpc) is 3.52. The van der Waals surface area contributed by atoms with Gasteiger partial charge in [-0.15, -0.1) is 0 Å². The summed E-state index contributed by atoms with van der Waals surface area (Å²) in [6, 6.07) is 13.3. The van der Waals surface area contributed by atoms with Crippen LogP contribution in [-0.2, 0) is 32.1 Å². The number of aliphatic hydroxyl groups is 1. The molecule has 18 heteroatoms. The Bertz CT molecular complexity index is 2160. The number of carbonyl (C=O) groups excluding carboxylic acids is 7. The standard InChI is InChI=1S/C43H51N9O9/c53-30(24-50-18-14-27-7-3-4-8-28(27)23-50)22-45-40(57)32-21-35(47-26-46-32)48-29-15-19-51(20-16-29)38(56)11-2-1-5-17-44-37(55)25-61-34-10-6-9-31-39(34)43(60)52(42(31)59)33-12-13-36(54)49-41(33)58/h3-4,6-10,21,26,29-30,33,53H,1-2,5,11-20,22-25H2,(H,44,55)(H,45,57)(H,46,47,48)(H,49,54,58)/t30-,33?/m0/s1. The second-order valence-corrected chi connectivity index (χ2v) is 15.8. The molecule has 0 spiro atoms. The minimum absolute atomic E-state index is 0.00468. The maximum Gasteiger partial charge on any atom is 0.270 e. The van der Waals surface area contributed by atoms with Gasteiger partial charge >= 0.3 is 0 Å². The van der Waals surface area contributed by atoms with E-state index < -0.39 is 54.2 Å². The van der Waals surface area contributed by atoms with Crippen LogP contribution in [-0.4, -0.2) is 135 Å². The van der Waals surface area contributed by atoms with Crippen LogP contribution in [0.2, 0.25) is 0 Å². The zero-order chi connectivity index (χ0) is 42.9. The average molecular weight is 838 g/mol. The number of nitrogens with zero attached hydrogens (tertiary/aromatic N) is 5. The zero-order valence-corrected chi connectivity index (χ0v) is 33.9. The van der Waals surface area contributed by atoms with E-state index in [-0.39, 0.29) is 53.9 Å².